The highest BCUT2D eigenvalue weighted by Gasteiger charge is 2.28. The molecule has 20 heavy (non-hydrogen) atoms. The Labute approximate surface area is 120 Å². The van der Waals surface area contributed by atoms with Crippen LogP contribution in [0.5, 0.6) is 0 Å². The monoisotopic (exact) mass is 304 g/mol. The summed E-state index contributed by atoms with van der Waals surface area (Å²) < 4.78 is 26.7. The van der Waals surface area contributed by atoms with E-state index in [0.29, 0.717) is 25.2 Å². The van der Waals surface area contributed by atoms with Crippen LogP contribution in [0.3, 0.4) is 0 Å². The third-order valence-electron chi connectivity index (χ3n) is 2.81. The first-order valence-corrected chi connectivity index (χ1v) is 8.01. The minimum absolute atomic E-state index is 0.0144. The molecule has 0 amide bonds. The molecule has 1 aromatic rings. The molecule has 0 radical (unpaired) electrons. The zero-order valence-corrected chi connectivity index (χ0v) is 13.3. The van der Waals surface area contributed by atoms with Crippen molar-refractivity contribution in [2.75, 3.05) is 33.7 Å². The van der Waals surface area contributed by atoms with Crippen LogP contribution in [-0.2, 0) is 16.6 Å². The molecule has 0 atom stereocenters. The number of sulfonamides is 1. The number of nitrogens with one attached hydrogen (secondary N) is 1. The fourth-order valence-electron chi connectivity index (χ4n) is 1.79. The van der Waals surface area contributed by atoms with Crippen molar-refractivity contribution in [2.45, 2.75) is 25.5 Å². The van der Waals surface area contributed by atoms with Gasteiger partial charge in [-0.25, -0.2) is 8.42 Å². The Morgan fingerprint density at radius 1 is 1.35 bits per heavy atom. The summed E-state index contributed by atoms with van der Waals surface area (Å²) in [6.45, 7) is 5.05. The van der Waals surface area contributed by atoms with Gasteiger partial charge in [-0.2, -0.15) is 9.40 Å². The van der Waals surface area contributed by atoms with Crippen molar-refractivity contribution in [3.63, 3.8) is 0 Å². The topological polar surface area (TPSA) is 89.5 Å². The van der Waals surface area contributed by atoms with Gasteiger partial charge < -0.3 is 10.0 Å². The van der Waals surface area contributed by atoms with Crippen molar-refractivity contribution < 1.29 is 13.5 Å². The number of aliphatic hydroxyl groups excluding tert-OH is 1. The van der Waals surface area contributed by atoms with E-state index in [-0.39, 0.29) is 17.6 Å². The molecule has 0 fully saturated rings. The molecule has 0 aliphatic carbocycles. The highest BCUT2D eigenvalue weighted by Crippen LogP contribution is 2.18. The average molecular weight is 304 g/mol. The first kappa shape index (κ1) is 17.1. The van der Waals surface area contributed by atoms with Gasteiger partial charge in [0.1, 0.15) is 0 Å². The van der Waals surface area contributed by atoms with Crippen molar-refractivity contribution in [1.82, 2.24) is 19.4 Å². The number of hydrogen-bond acceptors (Lipinski definition) is 5. The van der Waals surface area contributed by atoms with Gasteiger partial charge in [0.25, 0.3) is 10.0 Å². The number of likely N-dealkylation sites (N-methyl/N-ethyl adjacent to an activating group) is 1. The molecule has 0 aliphatic rings. The van der Waals surface area contributed by atoms with Crippen LogP contribution in [0, 0.1) is 5.92 Å². The summed E-state index contributed by atoms with van der Waals surface area (Å²) in [5, 5.41) is 15.4. The quantitative estimate of drug-likeness (QED) is 0.711. The number of aromatic nitrogens is 2. The Hall–Kier alpha value is -0.960. The zero-order valence-electron chi connectivity index (χ0n) is 12.5. The predicted octanol–water partition coefficient (Wildman–Crippen LogP) is 0.110. The van der Waals surface area contributed by atoms with Gasteiger partial charge in [0.15, 0.2) is 5.03 Å². The molecule has 0 aromatic carbocycles. The molecule has 1 aromatic heterocycles. The van der Waals surface area contributed by atoms with Crippen molar-refractivity contribution in [3.05, 3.63) is 11.8 Å². The van der Waals surface area contributed by atoms with Crippen LogP contribution in [0.15, 0.2) is 11.2 Å². The van der Waals surface area contributed by atoms with Crippen LogP contribution >= 0.6 is 0 Å². The summed E-state index contributed by atoms with van der Waals surface area (Å²) >= 11 is 0. The number of nitrogens with zero attached hydrogens (tertiary/aromatic N) is 3. The SMILES string of the molecule is CC(C)CN(CCN(C)C)S(=O)(=O)c1[nH]ncc1CO. The zero-order chi connectivity index (χ0) is 15.3. The van der Waals surface area contributed by atoms with E-state index in [1.807, 2.05) is 32.8 Å². The molecular formula is C12H24N4O3S. The Morgan fingerprint density at radius 3 is 2.50 bits per heavy atom. The summed E-state index contributed by atoms with van der Waals surface area (Å²) in [5.41, 5.74) is 0.295. The summed E-state index contributed by atoms with van der Waals surface area (Å²) in [7, 11) is 0.134. The normalized spacial score (nSPS) is 12.8. The second-order valence-corrected chi connectivity index (χ2v) is 7.32. The molecule has 8 heteroatoms. The lowest BCUT2D eigenvalue weighted by molar-refractivity contribution is 0.277. The van der Waals surface area contributed by atoms with E-state index in [4.69, 9.17) is 0 Å². The maximum Gasteiger partial charge on any atom is 0.260 e. The van der Waals surface area contributed by atoms with Gasteiger partial charge >= 0.3 is 0 Å². The molecule has 0 saturated carbocycles. The van der Waals surface area contributed by atoms with Crippen LogP contribution in [0.2, 0.25) is 0 Å². The summed E-state index contributed by atoms with van der Waals surface area (Å²) in [6, 6.07) is 0. The Balaban J connectivity index is 3.04. The number of aliphatic hydroxyl groups is 1. The minimum atomic E-state index is -3.66. The van der Waals surface area contributed by atoms with E-state index in [1.165, 1.54) is 10.5 Å². The molecule has 0 spiro atoms. The molecule has 116 valence electrons. The highest BCUT2D eigenvalue weighted by molar-refractivity contribution is 7.89. The first-order chi connectivity index (χ1) is 9.28. The van der Waals surface area contributed by atoms with Crippen LogP contribution in [0.1, 0.15) is 19.4 Å². The van der Waals surface area contributed by atoms with Gasteiger partial charge in [-0.3, -0.25) is 5.10 Å². The highest BCUT2D eigenvalue weighted by atomic mass is 32.2. The Kier molecular flexibility index (Phi) is 6.12. The van der Waals surface area contributed by atoms with Gasteiger partial charge in [-0.05, 0) is 20.0 Å². The second kappa shape index (κ2) is 7.16. The molecule has 2 N–H and O–H groups in total. The molecule has 0 bridgehead atoms. The molecule has 7 nitrogen and oxygen atoms in total. The van der Waals surface area contributed by atoms with E-state index >= 15 is 0 Å². The minimum Gasteiger partial charge on any atom is -0.392 e. The van der Waals surface area contributed by atoms with Crippen molar-refractivity contribution in [1.29, 1.82) is 0 Å². The summed E-state index contributed by atoms with van der Waals surface area (Å²) in [4.78, 5) is 1.93. The van der Waals surface area contributed by atoms with Gasteiger partial charge in [0, 0.05) is 25.2 Å². The predicted molar refractivity (Wildman–Crippen MR) is 76.7 cm³/mol. The van der Waals surface area contributed by atoms with Crippen LogP contribution in [-0.4, -0.2) is 66.7 Å². The standard InChI is InChI=1S/C12H24N4O3S/c1-10(2)8-16(6-5-15(3)4)20(18,19)12-11(9-17)7-13-14-12/h7,10,17H,5-6,8-9H2,1-4H3,(H,13,14). The lowest BCUT2D eigenvalue weighted by Gasteiger charge is -2.25. The molecular weight excluding hydrogens is 280 g/mol. The van der Waals surface area contributed by atoms with E-state index in [0.717, 1.165) is 0 Å². The third-order valence-corrected chi connectivity index (χ3v) is 4.69. The number of hydrogen-bond donors (Lipinski definition) is 2. The smallest absolute Gasteiger partial charge is 0.260 e. The lowest BCUT2D eigenvalue weighted by atomic mass is 10.2. The van der Waals surface area contributed by atoms with Gasteiger partial charge in [-0.1, -0.05) is 13.8 Å². The molecule has 0 unspecified atom stereocenters. The molecule has 1 heterocycles. The maximum absolute atomic E-state index is 12.6. The van der Waals surface area contributed by atoms with Crippen LogP contribution < -0.4 is 0 Å². The average Bonchev–Trinajstić information content (AvgIpc) is 2.82. The van der Waals surface area contributed by atoms with Gasteiger partial charge in [0.2, 0.25) is 0 Å². The summed E-state index contributed by atoms with van der Waals surface area (Å²) in [5.74, 6) is 0.215. The lowest BCUT2D eigenvalue weighted by Crippen LogP contribution is -2.39. The Morgan fingerprint density at radius 2 is 2.00 bits per heavy atom. The van der Waals surface area contributed by atoms with E-state index < -0.39 is 10.0 Å². The van der Waals surface area contributed by atoms with E-state index in [2.05, 4.69) is 10.2 Å². The fraction of sp³-hybridized carbons (Fsp3) is 0.750. The molecule has 1 rings (SSSR count). The van der Waals surface area contributed by atoms with E-state index in [1.54, 1.807) is 0 Å². The largest absolute Gasteiger partial charge is 0.392 e. The summed E-state index contributed by atoms with van der Waals surface area (Å²) in [6.07, 6.45) is 1.34. The first-order valence-electron chi connectivity index (χ1n) is 6.57. The Bertz CT molecular complexity index is 511. The second-order valence-electron chi connectivity index (χ2n) is 5.44. The van der Waals surface area contributed by atoms with Crippen molar-refractivity contribution in [2.24, 2.45) is 5.92 Å². The van der Waals surface area contributed by atoms with Crippen LogP contribution in [0.25, 0.3) is 0 Å². The van der Waals surface area contributed by atoms with Crippen molar-refractivity contribution in [3.8, 4) is 0 Å². The number of rotatable bonds is 8. The van der Waals surface area contributed by atoms with Crippen molar-refractivity contribution >= 4 is 10.0 Å². The molecule has 0 aliphatic heterocycles. The number of aromatic amines is 1. The van der Waals surface area contributed by atoms with Crippen LogP contribution in [0.4, 0.5) is 0 Å². The fourth-order valence-corrected chi connectivity index (χ4v) is 3.48. The third kappa shape index (κ3) is 4.27. The van der Waals surface area contributed by atoms with Gasteiger partial charge in [-0.15, -0.1) is 0 Å². The number of H-pyrrole nitrogens is 1. The van der Waals surface area contributed by atoms with E-state index in [9.17, 15) is 13.5 Å². The van der Waals surface area contributed by atoms with Gasteiger partial charge in [0.05, 0.1) is 12.8 Å². The molecule has 0 saturated heterocycles. The maximum atomic E-state index is 12.6.